The fourth-order valence-electron chi connectivity index (χ4n) is 1.80. The molecule has 1 heterocycles. The first kappa shape index (κ1) is 14.8. The molecule has 1 aromatic rings. The van der Waals surface area contributed by atoms with Gasteiger partial charge in [0.25, 0.3) is 5.91 Å². The number of benzene rings is 1. The van der Waals surface area contributed by atoms with E-state index >= 15 is 0 Å². The maximum absolute atomic E-state index is 11.8. The molecule has 112 valence electrons. The van der Waals surface area contributed by atoms with Gasteiger partial charge >= 0.3 is 0 Å². The molecule has 1 unspecified atom stereocenters. The lowest BCUT2D eigenvalue weighted by atomic mass is 10.1. The van der Waals surface area contributed by atoms with E-state index in [2.05, 4.69) is 20.9 Å². The van der Waals surface area contributed by atoms with Crippen LogP contribution < -0.4 is 16.0 Å². The van der Waals surface area contributed by atoms with Gasteiger partial charge in [-0.2, -0.15) is 0 Å². The van der Waals surface area contributed by atoms with Crippen LogP contribution in [0.1, 0.15) is 10.4 Å². The molecule has 0 aliphatic carbocycles. The molecule has 1 amide bonds. The minimum absolute atomic E-state index is 0.0901. The van der Waals surface area contributed by atoms with Crippen LogP contribution in [0.4, 0.5) is 5.69 Å². The number of carbonyl (C=O) groups excluding carboxylic acids is 2. The molecule has 21 heavy (non-hydrogen) atoms. The second-order valence-corrected chi connectivity index (χ2v) is 4.49. The van der Waals surface area contributed by atoms with Gasteiger partial charge in [-0.25, -0.2) is 0 Å². The van der Waals surface area contributed by atoms with E-state index in [1.54, 1.807) is 0 Å². The standard InChI is InChI=1S/C13H16N4O4/c18-2-1-14-12(21)8-3-9(5-10(19)4-8)17-13-15-6-11(20)7-16-13/h2-5,11,19-20H,1,6-7H2,(H,14,21)(H2,15,16,17). The number of aromatic hydroxyl groups is 1. The van der Waals surface area contributed by atoms with E-state index < -0.39 is 12.0 Å². The third-order valence-electron chi connectivity index (χ3n) is 2.75. The summed E-state index contributed by atoms with van der Waals surface area (Å²) >= 11 is 0. The van der Waals surface area contributed by atoms with E-state index in [0.717, 1.165) is 0 Å². The summed E-state index contributed by atoms with van der Waals surface area (Å²) < 4.78 is 0. The van der Waals surface area contributed by atoms with E-state index in [9.17, 15) is 19.8 Å². The van der Waals surface area contributed by atoms with Crippen molar-refractivity contribution in [3.05, 3.63) is 23.8 Å². The molecular weight excluding hydrogens is 276 g/mol. The van der Waals surface area contributed by atoms with Crippen molar-refractivity contribution in [1.82, 2.24) is 10.6 Å². The first-order valence-corrected chi connectivity index (χ1v) is 6.38. The highest BCUT2D eigenvalue weighted by atomic mass is 16.3. The molecule has 1 aliphatic heterocycles. The first-order chi connectivity index (χ1) is 10.1. The number of hydrogen-bond acceptors (Lipinski definition) is 7. The third kappa shape index (κ3) is 4.18. The Morgan fingerprint density at radius 3 is 2.95 bits per heavy atom. The molecular formula is C13H16N4O4. The molecule has 0 saturated carbocycles. The number of anilines is 1. The number of phenols is 1. The molecule has 1 aliphatic rings. The van der Waals surface area contributed by atoms with E-state index in [0.29, 0.717) is 24.5 Å². The molecule has 8 nitrogen and oxygen atoms in total. The minimum atomic E-state index is -0.524. The van der Waals surface area contributed by atoms with Gasteiger partial charge in [0.1, 0.15) is 12.0 Å². The molecule has 0 bridgehead atoms. The zero-order valence-corrected chi connectivity index (χ0v) is 11.2. The van der Waals surface area contributed by atoms with Crippen molar-refractivity contribution in [2.75, 3.05) is 25.0 Å². The molecule has 5 N–H and O–H groups in total. The molecule has 0 spiro atoms. The van der Waals surface area contributed by atoms with Crippen LogP contribution in [0.3, 0.4) is 0 Å². The van der Waals surface area contributed by atoms with Crippen molar-refractivity contribution in [2.24, 2.45) is 4.99 Å². The van der Waals surface area contributed by atoms with Gasteiger partial charge < -0.3 is 31.0 Å². The van der Waals surface area contributed by atoms with Gasteiger partial charge in [0.2, 0.25) is 0 Å². The van der Waals surface area contributed by atoms with Crippen molar-refractivity contribution in [3.8, 4) is 5.75 Å². The second kappa shape index (κ2) is 6.71. The average Bonchev–Trinajstić information content (AvgIpc) is 2.46. The van der Waals surface area contributed by atoms with Gasteiger partial charge in [0.15, 0.2) is 5.96 Å². The summed E-state index contributed by atoms with van der Waals surface area (Å²) in [5.41, 5.74) is 0.685. The van der Waals surface area contributed by atoms with Crippen molar-refractivity contribution < 1.29 is 19.8 Å². The second-order valence-electron chi connectivity index (χ2n) is 4.49. The van der Waals surface area contributed by atoms with Crippen LogP contribution in [0.5, 0.6) is 5.75 Å². The fourth-order valence-corrected chi connectivity index (χ4v) is 1.80. The van der Waals surface area contributed by atoms with Crippen LogP contribution in [0.15, 0.2) is 23.2 Å². The number of phenolic OH excluding ortho intramolecular Hbond substituents is 1. The van der Waals surface area contributed by atoms with Crippen molar-refractivity contribution in [2.45, 2.75) is 6.10 Å². The summed E-state index contributed by atoms with van der Waals surface area (Å²) in [4.78, 5) is 26.1. The molecule has 8 heteroatoms. The summed E-state index contributed by atoms with van der Waals surface area (Å²) in [6.45, 7) is 0.557. The number of amides is 1. The molecule has 1 aromatic carbocycles. The van der Waals surface area contributed by atoms with Gasteiger partial charge in [-0.05, 0) is 12.1 Å². The number of nitrogens with zero attached hydrogens (tertiary/aromatic N) is 1. The van der Waals surface area contributed by atoms with Gasteiger partial charge in [0.05, 0.1) is 19.2 Å². The average molecular weight is 292 g/mol. The number of aliphatic hydroxyl groups excluding tert-OH is 1. The monoisotopic (exact) mass is 292 g/mol. The van der Waals surface area contributed by atoms with Crippen LogP contribution in [0, 0.1) is 0 Å². The molecule has 2 rings (SSSR count). The van der Waals surface area contributed by atoms with Crippen molar-refractivity contribution >= 4 is 23.8 Å². The number of aliphatic hydroxyl groups is 1. The van der Waals surface area contributed by atoms with Crippen LogP contribution in [0.2, 0.25) is 0 Å². The number of carbonyl (C=O) groups is 2. The zero-order chi connectivity index (χ0) is 15.2. The van der Waals surface area contributed by atoms with E-state index in [1.807, 2.05) is 0 Å². The van der Waals surface area contributed by atoms with Crippen molar-refractivity contribution in [3.63, 3.8) is 0 Å². The Bertz CT molecular complexity index is 573. The van der Waals surface area contributed by atoms with Crippen LogP contribution >= 0.6 is 0 Å². The molecule has 0 fully saturated rings. The van der Waals surface area contributed by atoms with E-state index in [4.69, 9.17) is 0 Å². The topological polar surface area (TPSA) is 123 Å². The highest BCUT2D eigenvalue weighted by Gasteiger charge is 2.13. The van der Waals surface area contributed by atoms with Gasteiger partial charge in [-0.3, -0.25) is 9.79 Å². The summed E-state index contributed by atoms with van der Waals surface area (Å²) in [5.74, 6) is -0.104. The quantitative estimate of drug-likeness (QED) is 0.456. The lowest BCUT2D eigenvalue weighted by Crippen LogP contribution is -2.42. The van der Waals surface area contributed by atoms with E-state index in [-0.39, 0.29) is 24.4 Å². The number of hydrogen-bond donors (Lipinski definition) is 5. The number of rotatable bonds is 4. The first-order valence-electron chi connectivity index (χ1n) is 6.38. The fraction of sp³-hybridized carbons (Fsp3) is 0.308. The highest BCUT2D eigenvalue weighted by Crippen LogP contribution is 2.20. The Morgan fingerprint density at radius 2 is 2.29 bits per heavy atom. The summed E-state index contributed by atoms with van der Waals surface area (Å²) in [6, 6.07) is 4.26. The number of β-amino-alcohol motifs (C(OH)–C–C–N with tert-alkyl or cyclic N) is 1. The third-order valence-corrected chi connectivity index (χ3v) is 2.75. The molecule has 0 saturated heterocycles. The largest absolute Gasteiger partial charge is 0.508 e. The number of aliphatic imine (C=N–C) groups is 1. The lowest BCUT2D eigenvalue weighted by Gasteiger charge is -2.20. The van der Waals surface area contributed by atoms with Crippen molar-refractivity contribution in [1.29, 1.82) is 0 Å². The van der Waals surface area contributed by atoms with Crippen LogP contribution in [-0.4, -0.2) is 54.1 Å². The highest BCUT2D eigenvalue weighted by molar-refractivity contribution is 5.99. The Morgan fingerprint density at radius 1 is 1.48 bits per heavy atom. The van der Waals surface area contributed by atoms with Crippen LogP contribution in [0.25, 0.3) is 0 Å². The number of guanidine groups is 1. The smallest absolute Gasteiger partial charge is 0.251 e. The molecule has 1 atom stereocenters. The zero-order valence-electron chi connectivity index (χ0n) is 11.2. The lowest BCUT2D eigenvalue weighted by molar-refractivity contribution is -0.107. The summed E-state index contributed by atoms with van der Waals surface area (Å²) in [5, 5.41) is 27.1. The van der Waals surface area contributed by atoms with Gasteiger partial charge in [-0.15, -0.1) is 0 Å². The molecule has 0 aromatic heterocycles. The normalized spacial score (nSPS) is 17.4. The number of nitrogens with one attached hydrogen (secondary N) is 3. The number of aldehydes is 1. The van der Waals surface area contributed by atoms with Gasteiger partial charge in [0, 0.05) is 23.9 Å². The maximum atomic E-state index is 11.8. The van der Waals surface area contributed by atoms with E-state index in [1.165, 1.54) is 18.2 Å². The predicted octanol–water partition coefficient (Wildman–Crippen LogP) is -0.947. The maximum Gasteiger partial charge on any atom is 0.251 e. The Kier molecular flexibility index (Phi) is 4.72. The Balaban J connectivity index is 2.11. The summed E-state index contributed by atoms with van der Waals surface area (Å²) in [6.07, 6.45) is 0.0515. The SMILES string of the molecule is O=CCNC(=O)c1cc(O)cc(NC2=NCC(O)CN2)c1. The summed E-state index contributed by atoms with van der Waals surface area (Å²) in [7, 11) is 0. The molecule has 0 radical (unpaired) electrons. The predicted molar refractivity (Wildman–Crippen MR) is 76.4 cm³/mol. The Labute approximate surface area is 120 Å². The minimum Gasteiger partial charge on any atom is -0.508 e. The van der Waals surface area contributed by atoms with Gasteiger partial charge in [-0.1, -0.05) is 0 Å². The van der Waals surface area contributed by atoms with Crippen LogP contribution in [-0.2, 0) is 4.79 Å². The Hall–Kier alpha value is -2.61.